The van der Waals surface area contributed by atoms with Crippen LogP contribution in [0.2, 0.25) is 0 Å². The summed E-state index contributed by atoms with van der Waals surface area (Å²) in [5.74, 6) is 0.852. The zero-order valence-corrected chi connectivity index (χ0v) is 19.8. The first-order valence-corrected chi connectivity index (χ1v) is 11.2. The molecular formula is C26H32N4O2. The average molecular weight is 433 g/mol. The van der Waals surface area contributed by atoms with Crippen LogP contribution in [0.4, 0.5) is 0 Å². The van der Waals surface area contributed by atoms with Gasteiger partial charge in [-0.15, -0.1) is 0 Å². The third-order valence-corrected chi connectivity index (χ3v) is 6.12. The maximum Gasteiger partial charge on any atom is 0.272 e. The Morgan fingerprint density at radius 2 is 1.81 bits per heavy atom. The first kappa shape index (κ1) is 22.1. The van der Waals surface area contributed by atoms with E-state index in [9.17, 15) is 4.79 Å². The van der Waals surface area contributed by atoms with Gasteiger partial charge in [-0.3, -0.25) is 14.5 Å². The molecule has 3 heterocycles. The minimum absolute atomic E-state index is 0.0207. The fraction of sp³-hybridized carbons (Fsp3) is 0.423. The first-order valence-electron chi connectivity index (χ1n) is 11.2. The molecule has 1 saturated heterocycles. The number of amides is 1. The van der Waals surface area contributed by atoms with Crippen molar-refractivity contribution in [3.63, 3.8) is 0 Å². The van der Waals surface area contributed by atoms with E-state index < -0.39 is 0 Å². The number of methoxy groups -OCH3 is 1. The van der Waals surface area contributed by atoms with E-state index in [4.69, 9.17) is 9.72 Å². The molecule has 1 amide bonds. The monoisotopic (exact) mass is 432 g/mol. The van der Waals surface area contributed by atoms with Crippen LogP contribution in [0, 0.1) is 6.92 Å². The number of nitrogens with zero attached hydrogens (tertiary/aromatic N) is 4. The second-order valence-electron chi connectivity index (χ2n) is 9.60. The lowest BCUT2D eigenvalue weighted by atomic mass is 9.92. The van der Waals surface area contributed by atoms with Gasteiger partial charge in [0.2, 0.25) is 0 Å². The highest BCUT2D eigenvalue weighted by Gasteiger charge is 2.34. The normalized spacial score (nSPS) is 16.4. The largest absolute Gasteiger partial charge is 0.497 e. The van der Waals surface area contributed by atoms with Crippen LogP contribution in [-0.4, -0.2) is 39.2 Å². The molecule has 0 spiro atoms. The van der Waals surface area contributed by atoms with Crippen LogP contribution in [0.5, 0.6) is 5.75 Å². The summed E-state index contributed by atoms with van der Waals surface area (Å²) in [4.78, 5) is 20.3. The highest BCUT2D eigenvalue weighted by atomic mass is 16.5. The molecule has 0 N–H and O–H groups in total. The molecule has 6 nitrogen and oxygen atoms in total. The Morgan fingerprint density at radius 3 is 2.44 bits per heavy atom. The molecule has 2 aromatic heterocycles. The zero-order chi connectivity index (χ0) is 23.0. The fourth-order valence-corrected chi connectivity index (χ4v) is 4.31. The van der Waals surface area contributed by atoms with Crippen LogP contribution in [-0.2, 0) is 12.5 Å². The fourth-order valence-electron chi connectivity index (χ4n) is 4.31. The second-order valence-corrected chi connectivity index (χ2v) is 9.60. The Labute approximate surface area is 190 Å². The maximum absolute atomic E-state index is 13.5. The van der Waals surface area contributed by atoms with Crippen molar-refractivity contribution in [1.29, 1.82) is 0 Å². The van der Waals surface area contributed by atoms with Gasteiger partial charge < -0.3 is 9.64 Å². The molecule has 6 heteroatoms. The molecule has 0 radical (unpaired) electrons. The summed E-state index contributed by atoms with van der Waals surface area (Å²) >= 11 is 0. The van der Waals surface area contributed by atoms with Crippen LogP contribution in [0.3, 0.4) is 0 Å². The minimum atomic E-state index is -0.105. The zero-order valence-electron chi connectivity index (χ0n) is 19.8. The summed E-state index contributed by atoms with van der Waals surface area (Å²) in [6.07, 6.45) is 1.88. The van der Waals surface area contributed by atoms with Crippen molar-refractivity contribution in [3.8, 4) is 16.9 Å². The summed E-state index contributed by atoms with van der Waals surface area (Å²) in [5, 5.41) is 4.60. The van der Waals surface area contributed by atoms with E-state index in [1.54, 1.807) is 11.8 Å². The number of likely N-dealkylation sites (tertiary alicyclic amines) is 1. The third kappa shape index (κ3) is 4.27. The molecule has 1 aliphatic heterocycles. The van der Waals surface area contributed by atoms with Crippen LogP contribution in [0.1, 0.15) is 67.2 Å². The van der Waals surface area contributed by atoms with E-state index in [0.29, 0.717) is 5.69 Å². The molecule has 0 aliphatic carbocycles. The Hall–Kier alpha value is -3.15. The van der Waals surface area contributed by atoms with Gasteiger partial charge >= 0.3 is 0 Å². The molecule has 1 fully saturated rings. The Morgan fingerprint density at radius 1 is 1.09 bits per heavy atom. The number of hydrogen-bond donors (Lipinski definition) is 0. The molecular weight excluding hydrogens is 400 g/mol. The molecule has 1 aliphatic rings. The number of benzene rings is 1. The smallest absolute Gasteiger partial charge is 0.272 e. The summed E-state index contributed by atoms with van der Waals surface area (Å²) < 4.78 is 7.00. The molecule has 3 aromatic rings. The molecule has 0 bridgehead atoms. The van der Waals surface area contributed by atoms with Gasteiger partial charge in [0.05, 0.1) is 24.5 Å². The summed E-state index contributed by atoms with van der Waals surface area (Å²) in [6, 6.07) is 14.1. The Bertz CT molecular complexity index is 1130. The number of carbonyl (C=O) groups is 1. The van der Waals surface area contributed by atoms with Crippen LogP contribution >= 0.6 is 0 Å². The van der Waals surface area contributed by atoms with Crippen molar-refractivity contribution in [1.82, 2.24) is 19.7 Å². The van der Waals surface area contributed by atoms with Crippen molar-refractivity contribution in [3.05, 3.63) is 65.2 Å². The second kappa shape index (κ2) is 8.41. The molecule has 32 heavy (non-hydrogen) atoms. The van der Waals surface area contributed by atoms with Crippen molar-refractivity contribution in [2.24, 2.45) is 7.05 Å². The minimum Gasteiger partial charge on any atom is -0.497 e. The highest BCUT2D eigenvalue weighted by Crippen LogP contribution is 2.35. The van der Waals surface area contributed by atoms with Crippen molar-refractivity contribution in [2.75, 3.05) is 13.7 Å². The van der Waals surface area contributed by atoms with Gasteiger partial charge in [0.25, 0.3) is 5.91 Å². The number of ether oxygens (including phenoxy) is 1. The van der Waals surface area contributed by atoms with Crippen molar-refractivity contribution < 1.29 is 9.53 Å². The van der Waals surface area contributed by atoms with Crippen molar-refractivity contribution in [2.45, 2.75) is 52.0 Å². The number of carbonyl (C=O) groups excluding carboxylic acids is 1. The summed E-state index contributed by atoms with van der Waals surface area (Å²) in [6.45, 7) is 9.07. The Balaban J connectivity index is 1.65. The molecule has 4 rings (SSSR count). The standard InChI is InChI=1S/C26H32N4O2/c1-17-14-19(18-9-11-20(32-6)12-10-18)15-21(27-17)22-8-7-13-30(22)25(31)23-16-24(26(2,3)4)28-29(23)5/h9-12,14-16,22H,7-8,13H2,1-6H3/t22-/m0/s1. The molecule has 1 atom stereocenters. The summed E-state index contributed by atoms with van der Waals surface area (Å²) in [5.41, 5.74) is 5.55. The highest BCUT2D eigenvalue weighted by molar-refractivity contribution is 5.93. The van der Waals surface area contributed by atoms with Gasteiger partial charge in [-0.1, -0.05) is 32.9 Å². The van der Waals surface area contributed by atoms with Crippen LogP contribution in [0.25, 0.3) is 11.1 Å². The van der Waals surface area contributed by atoms with Gasteiger partial charge in [0, 0.05) is 24.7 Å². The topological polar surface area (TPSA) is 60.2 Å². The van der Waals surface area contributed by atoms with Crippen molar-refractivity contribution >= 4 is 5.91 Å². The van der Waals surface area contributed by atoms with Crippen LogP contribution in [0.15, 0.2) is 42.5 Å². The number of pyridine rings is 1. The number of rotatable bonds is 4. The van der Waals surface area contributed by atoms with E-state index in [-0.39, 0.29) is 17.4 Å². The van der Waals surface area contributed by atoms with Gasteiger partial charge in [-0.05, 0) is 61.2 Å². The van der Waals surface area contributed by atoms with Gasteiger partial charge in [-0.2, -0.15) is 5.10 Å². The number of aromatic nitrogens is 3. The van der Waals surface area contributed by atoms with E-state index in [1.165, 1.54) is 0 Å². The quantitative estimate of drug-likeness (QED) is 0.577. The SMILES string of the molecule is COc1ccc(-c2cc(C)nc([C@@H]3CCCN3C(=O)c3cc(C(C)(C)C)nn3C)c2)cc1. The lowest BCUT2D eigenvalue weighted by Gasteiger charge is -2.25. The van der Waals surface area contributed by atoms with E-state index in [2.05, 4.69) is 50.1 Å². The first-order chi connectivity index (χ1) is 15.2. The molecule has 0 saturated carbocycles. The molecule has 0 unspecified atom stereocenters. The Kier molecular flexibility index (Phi) is 5.80. The average Bonchev–Trinajstić information content (AvgIpc) is 3.40. The lowest BCUT2D eigenvalue weighted by Crippen LogP contribution is -2.32. The molecule has 1 aromatic carbocycles. The van der Waals surface area contributed by atoms with Gasteiger partial charge in [0.1, 0.15) is 11.4 Å². The van der Waals surface area contributed by atoms with E-state index in [1.807, 2.05) is 37.1 Å². The predicted octanol–water partition coefficient (Wildman–Crippen LogP) is 5.07. The van der Waals surface area contributed by atoms with Crippen LogP contribution < -0.4 is 4.74 Å². The lowest BCUT2D eigenvalue weighted by molar-refractivity contribution is 0.0721. The summed E-state index contributed by atoms with van der Waals surface area (Å²) in [7, 11) is 3.52. The van der Waals surface area contributed by atoms with E-state index >= 15 is 0 Å². The maximum atomic E-state index is 13.5. The predicted molar refractivity (Wildman–Crippen MR) is 126 cm³/mol. The molecule has 168 valence electrons. The van der Waals surface area contributed by atoms with Gasteiger partial charge in [0.15, 0.2) is 0 Å². The van der Waals surface area contributed by atoms with Gasteiger partial charge in [-0.25, -0.2) is 0 Å². The van der Waals surface area contributed by atoms with E-state index in [0.717, 1.165) is 53.3 Å². The number of hydrogen-bond acceptors (Lipinski definition) is 4. The number of aryl methyl sites for hydroxylation is 2. The third-order valence-electron chi connectivity index (χ3n) is 6.12.